The van der Waals surface area contributed by atoms with Gasteiger partial charge in [0.1, 0.15) is 5.75 Å². The summed E-state index contributed by atoms with van der Waals surface area (Å²) in [7, 11) is -3.16. The van der Waals surface area contributed by atoms with Crippen molar-refractivity contribution in [2.45, 2.75) is 10.4 Å². The van der Waals surface area contributed by atoms with Gasteiger partial charge in [-0.1, -0.05) is 12.1 Å². The van der Waals surface area contributed by atoms with E-state index in [4.69, 9.17) is 5.11 Å². The topological polar surface area (TPSA) is 37.3 Å². The highest BCUT2D eigenvalue weighted by molar-refractivity contribution is 7.86. The molecule has 0 saturated carbocycles. The summed E-state index contributed by atoms with van der Waals surface area (Å²) in [5.41, 5.74) is -4.83. The van der Waals surface area contributed by atoms with Gasteiger partial charge in [0.2, 0.25) is 0 Å². The van der Waals surface area contributed by atoms with Crippen LogP contribution in [-0.4, -0.2) is 14.8 Å². The minimum absolute atomic E-state index is 0.613. The van der Waals surface area contributed by atoms with E-state index in [-0.39, 0.29) is 0 Å². The van der Waals surface area contributed by atoms with Crippen LogP contribution < -0.4 is 0 Å². The van der Waals surface area contributed by atoms with E-state index in [1.165, 1.54) is 12.1 Å². The van der Waals surface area contributed by atoms with Crippen molar-refractivity contribution in [2.24, 2.45) is 0 Å². The molecule has 1 aromatic carbocycles. The first-order valence-electron chi connectivity index (χ1n) is 3.19. The summed E-state index contributed by atoms with van der Waals surface area (Å²) in [6.07, 6.45) is 0. The average molecular weight is 210 g/mol. The molecule has 1 atom stereocenters. The largest absolute Gasteiger partial charge is 0.507 e. The lowest BCUT2D eigenvalue weighted by molar-refractivity contribution is -0.0385. The van der Waals surface area contributed by atoms with E-state index in [0.29, 0.717) is 0 Å². The molecule has 72 valence electrons. The second-order valence-corrected chi connectivity index (χ2v) is 3.62. The van der Waals surface area contributed by atoms with Crippen LogP contribution >= 0.6 is 0 Å². The van der Waals surface area contributed by atoms with Gasteiger partial charge < -0.3 is 5.11 Å². The molecule has 13 heavy (non-hydrogen) atoms. The number of halogens is 3. The number of hydrogen-bond acceptors (Lipinski definition) is 2. The molecule has 0 aliphatic carbocycles. The molecule has 1 N–H and O–H groups in total. The number of benzene rings is 1. The standard InChI is InChI=1S/C7H5F3O2S/c8-7(9,10)13(12)6-4-2-1-3-5(6)11/h1-4,11H. The predicted molar refractivity (Wildman–Crippen MR) is 40.6 cm³/mol. The Kier molecular flexibility index (Phi) is 2.60. The third-order valence-corrected chi connectivity index (χ3v) is 2.44. The number of alkyl halides is 3. The Bertz CT molecular complexity index is 335. The minimum Gasteiger partial charge on any atom is -0.507 e. The molecule has 1 unspecified atom stereocenters. The quantitative estimate of drug-likeness (QED) is 0.769. The van der Waals surface area contributed by atoms with Crippen molar-refractivity contribution in [3.63, 3.8) is 0 Å². The molecule has 0 heterocycles. The van der Waals surface area contributed by atoms with E-state index in [2.05, 4.69) is 0 Å². The summed E-state index contributed by atoms with van der Waals surface area (Å²) in [6.45, 7) is 0. The molecule has 6 heteroatoms. The third kappa shape index (κ3) is 2.21. The van der Waals surface area contributed by atoms with Crippen LogP contribution in [0.15, 0.2) is 29.2 Å². The fourth-order valence-electron chi connectivity index (χ4n) is 0.739. The van der Waals surface area contributed by atoms with Crippen molar-refractivity contribution in [1.82, 2.24) is 0 Å². The van der Waals surface area contributed by atoms with E-state index in [0.717, 1.165) is 12.1 Å². The monoisotopic (exact) mass is 210 g/mol. The summed E-state index contributed by atoms with van der Waals surface area (Å²) in [5.74, 6) is -0.613. The molecular formula is C7H5F3O2S. The van der Waals surface area contributed by atoms with Gasteiger partial charge in [-0.3, -0.25) is 0 Å². The van der Waals surface area contributed by atoms with Crippen molar-refractivity contribution < 1.29 is 22.5 Å². The second-order valence-electron chi connectivity index (χ2n) is 2.18. The van der Waals surface area contributed by atoms with Gasteiger partial charge in [0.25, 0.3) is 0 Å². The molecule has 2 nitrogen and oxygen atoms in total. The van der Waals surface area contributed by atoms with Crippen molar-refractivity contribution in [3.05, 3.63) is 24.3 Å². The first kappa shape index (κ1) is 10.0. The van der Waals surface area contributed by atoms with Crippen molar-refractivity contribution >= 4 is 10.8 Å². The molecule has 1 aromatic rings. The van der Waals surface area contributed by atoms with E-state index in [1.807, 2.05) is 0 Å². The molecule has 0 saturated heterocycles. The van der Waals surface area contributed by atoms with E-state index < -0.39 is 27.0 Å². The Hall–Kier alpha value is -1.04. The summed E-state index contributed by atoms with van der Waals surface area (Å²) < 4.78 is 46.4. The maximum atomic E-state index is 11.9. The number of rotatable bonds is 1. The minimum atomic E-state index is -4.83. The SMILES string of the molecule is O=S(c1ccccc1O)C(F)(F)F. The number of aromatic hydroxyl groups is 1. The van der Waals surface area contributed by atoms with Crippen molar-refractivity contribution in [1.29, 1.82) is 0 Å². The second kappa shape index (κ2) is 3.37. The number of phenolic OH excluding ortho intramolecular Hbond substituents is 1. The van der Waals surface area contributed by atoms with Gasteiger partial charge in [0, 0.05) is 0 Å². The lowest BCUT2D eigenvalue weighted by atomic mass is 10.3. The van der Waals surface area contributed by atoms with Crippen LogP contribution in [0.25, 0.3) is 0 Å². The molecule has 0 aromatic heterocycles. The van der Waals surface area contributed by atoms with Gasteiger partial charge in [-0.25, -0.2) is 4.21 Å². The highest BCUT2D eigenvalue weighted by Crippen LogP contribution is 2.30. The Balaban J connectivity index is 3.10. The number of para-hydroxylation sites is 1. The highest BCUT2D eigenvalue weighted by Gasteiger charge is 2.39. The van der Waals surface area contributed by atoms with Crippen LogP contribution in [0.4, 0.5) is 13.2 Å². The average Bonchev–Trinajstić information content (AvgIpc) is 2.02. The maximum absolute atomic E-state index is 11.9. The van der Waals surface area contributed by atoms with E-state index >= 15 is 0 Å². The van der Waals surface area contributed by atoms with Gasteiger partial charge in [-0.15, -0.1) is 0 Å². The van der Waals surface area contributed by atoms with Gasteiger partial charge >= 0.3 is 5.51 Å². The van der Waals surface area contributed by atoms with Crippen molar-refractivity contribution in [3.8, 4) is 5.75 Å². The lowest BCUT2D eigenvalue weighted by Crippen LogP contribution is -2.16. The molecule has 0 bridgehead atoms. The third-order valence-electron chi connectivity index (χ3n) is 1.28. The zero-order valence-electron chi connectivity index (χ0n) is 6.21. The molecule has 0 amide bonds. The fraction of sp³-hybridized carbons (Fsp3) is 0.143. The molecule has 0 radical (unpaired) electrons. The van der Waals surface area contributed by atoms with Crippen LogP contribution in [0.1, 0.15) is 0 Å². The molecule has 0 aliphatic rings. The van der Waals surface area contributed by atoms with Gasteiger partial charge in [0.05, 0.1) is 4.90 Å². The van der Waals surface area contributed by atoms with Crippen LogP contribution in [0.2, 0.25) is 0 Å². The van der Waals surface area contributed by atoms with Crippen LogP contribution in [-0.2, 0) is 10.8 Å². The predicted octanol–water partition coefficient (Wildman–Crippen LogP) is 2.02. The smallest absolute Gasteiger partial charge is 0.475 e. The van der Waals surface area contributed by atoms with Gasteiger partial charge in [0.15, 0.2) is 10.8 Å². The molecular weight excluding hydrogens is 205 g/mol. The zero-order chi connectivity index (χ0) is 10.1. The summed E-state index contributed by atoms with van der Waals surface area (Å²) in [4.78, 5) is -0.616. The Morgan fingerprint density at radius 2 is 1.77 bits per heavy atom. The van der Waals surface area contributed by atoms with Crippen molar-refractivity contribution in [2.75, 3.05) is 0 Å². The number of hydrogen-bond donors (Lipinski definition) is 1. The number of phenols is 1. The molecule has 1 rings (SSSR count). The van der Waals surface area contributed by atoms with Crippen LogP contribution in [0.5, 0.6) is 5.75 Å². The first-order chi connectivity index (χ1) is 5.93. The fourth-order valence-corrected chi connectivity index (χ4v) is 1.45. The van der Waals surface area contributed by atoms with E-state index in [9.17, 15) is 17.4 Å². The van der Waals surface area contributed by atoms with Gasteiger partial charge in [-0.2, -0.15) is 13.2 Å². The zero-order valence-corrected chi connectivity index (χ0v) is 7.02. The van der Waals surface area contributed by atoms with E-state index in [1.54, 1.807) is 0 Å². The summed E-state index contributed by atoms with van der Waals surface area (Å²) in [5, 5.41) is 8.95. The van der Waals surface area contributed by atoms with Gasteiger partial charge in [-0.05, 0) is 12.1 Å². The Morgan fingerprint density at radius 1 is 1.23 bits per heavy atom. The normalized spacial score (nSPS) is 14.1. The highest BCUT2D eigenvalue weighted by atomic mass is 32.2. The molecule has 0 fully saturated rings. The van der Waals surface area contributed by atoms with Crippen LogP contribution in [0, 0.1) is 0 Å². The molecule has 0 aliphatic heterocycles. The van der Waals surface area contributed by atoms with Crippen LogP contribution in [0.3, 0.4) is 0 Å². The first-order valence-corrected chi connectivity index (χ1v) is 4.34. The lowest BCUT2D eigenvalue weighted by Gasteiger charge is -2.06. The maximum Gasteiger partial charge on any atom is 0.475 e. The molecule has 0 spiro atoms. The Morgan fingerprint density at radius 3 is 2.23 bits per heavy atom. The summed E-state index contributed by atoms with van der Waals surface area (Å²) >= 11 is 0. The Labute approximate surface area is 74.5 Å². The summed E-state index contributed by atoms with van der Waals surface area (Å²) in [6, 6.07) is 4.66.